The van der Waals surface area contributed by atoms with E-state index in [-0.39, 0.29) is 6.54 Å². The largest absolute Gasteiger partial charge is 0.497 e. The van der Waals surface area contributed by atoms with E-state index in [9.17, 15) is 4.79 Å². The first-order chi connectivity index (χ1) is 15.1. The van der Waals surface area contributed by atoms with Crippen LogP contribution in [-0.2, 0) is 9.59 Å². The van der Waals surface area contributed by atoms with Crippen LogP contribution in [0.25, 0.3) is 0 Å². The van der Waals surface area contributed by atoms with Crippen molar-refractivity contribution in [1.29, 1.82) is 0 Å². The van der Waals surface area contributed by atoms with E-state index in [0.717, 1.165) is 57.1 Å². The van der Waals surface area contributed by atoms with Crippen LogP contribution < -0.4 is 15.8 Å². The quantitative estimate of drug-likeness (QED) is 0.512. The van der Waals surface area contributed by atoms with Gasteiger partial charge in [-0.2, -0.15) is 0 Å². The number of aldehydes is 1. The standard InChI is InChI=1S/C12H17NO.C11H17NO.C2H5NO/c1-14-12-4-2-10(3-5-12)11-6-8-13-9-7-11;1-3-6-10(4-2)9-12-8-5-7-11(12)13;3-1-2-4/h2-5,11,13H,6-9H2,1H3;3,6H,1,4-5,7-9H2,2H3;2H,1,3H2/b;10-6+;. The van der Waals surface area contributed by atoms with Crippen LogP contribution in [-0.4, -0.2) is 56.9 Å². The molecule has 0 spiro atoms. The van der Waals surface area contributed by atoms with Crippen molar-refractivity contribution in [1.82, 2.24) is 10.2 Å². The van der Waals surface area contributed by atoms with E-state index in [4.69, 9.17) is 9.53 Å². The fourth-order valence-corrected chi connectivity index (χ4v) is 3.60. The van der Waals surface area contributed by atoms with Gasteiger partial charge in [0, 0.05) is 26.1 Å². The number of nitrogens with zero attached hydrogens (tertiary/aromatic N) is 1. The van der Waals surface area contributed by atoms with Gasteiger partial charge >= 0.3 is 0 Å². The highest BCUT2D eigenvalue weighted by atomic mass is 16.5. The van der Waals surface area contributed by atoms with Crippen LogP contribution >= 0.6 is 0 Å². The predicted octanol–water partition coefficient (Wildman–Crippen LogP) is 3.44. The molecule has 2 saturated heterocycles. The SMILES string of the molecule is C=C/C=C(\CC)CN1CCCC1=O.COc1ccc(C2CCNCC2)cc1.NCC=O. The van der Waals surface area contributed by atoms with Crippen molar-refractivity contribution in [2.45, 2.75) is 44.9 Å². The van der Waals surface area contributed by atoms with Gasteiger partial charge < -0.3 is 25.5 Å². The summed E-state index contributed by atoms with van der Waals surface area (Å²) in [6.45, 7) is 9.92. The lowest BCUT2D eigenvalue weighted by molar-refractivity contribution is -0.127. The van der Waals surface area contributed by atoms with E-state index in [2.05, 4.69) is 48.8 Å². The fourth-order valence-electron chi connectivity index (χ4n) is 3.60. The molecule has 1 aromatic rings. The van der Waals surface area contributed by atoms with Gasteiger partial charge in [-0.15, -0.1) is 0 Å². The molecule has 0 atom stereocenters. The summed E-state index contributed by atoms with van der Waals surface area (Å²) in [6, 6.07) is 8.48. The number of carbonyl (C=O) groups excluding carboxylic acids is 2. The number of carbonyl (C=O) groups is 2. The van der Waals surface area contributed by atoms with E-state index in [1.807, 2.05) is 11.0 Å². The van der Waals surface area contributed by atoms with Crippen LogP contribution in [0, 0.1) is 0 Å². The van der Waals surface area contributed by atoms with Gasteiger partial charge in [0.1, 0.15) is 12.0 Å². The fraction of sp³-hybridized carbons (Fsp3) is 0.520. The van der Waals surface area contributed by atoms with Crippen molar-refractivity contribution in [3.63, 3.8) is 0 Å². The highest BCUT2D eigenvalue weighted by molar-refractivity contribution is 5.78. The van der Waals surface area contributed by atoms with Gasteiger partial charge in [-0.3, -0.25) is 4.79 Å². The molecule has 0 radical (unpaired) electrons. The molecule has 2 heterocycles. The van der Waals surface area contributed by atoms with Crippen molar-refractivity contribution >= 4 is 12.2 Å². The van der Waals surface area contributed by atoms with Gasteiger partial charge in [0.05, 0.1) is 7.11 Å². The minimum Gasteiger partial charge on any atom is -0.497 e. The average Bonchev–Trinajstić information content (AvgIpc) is 3.24. The number of ether oxygens (including phenoxy) is 1. The molecule has 2 aliphatic heterocycles. The number of nitrogens with two attached hydrogens (primary N) is 1. The molecule has 2 aliphatic rings. The highest BCUT2D eigenvalue weighted by Gasteiger charge is 2.20. The Morgan fingerprint density at radius 1 is 1.29 bits per heavy atom. The summed E-state index contributed by atoms with van der Waals surface area (Å²) in [4.78, 5) is 22.3. The molecule has 172 valence electrons. The molecule has 1 amide bonds. The Balaban J connectivity index is 0.000000266. The summed E-state index contributed by atoms with van der Waals surface area (Å²) in [6.07, 6.45) is 9.70. The number of methoxy groups -OCH3 is 1. The molecular formula is C25H39N3O3. The number of piperidine rings is 1. The van der Waals surface area contributed by atoms with E-state index in [1.165, 1.54) is 24.0 Å². The van der Waals surface area contributed by atoms with Gasteiger partial charge in [-0.05, 0) is 62.4 Å². The summed E-state index contributed by atoms with van der Waals surface area (Å²) in [5.41, 5.74) is 7.39. The lowest BCUT2D eigenvalue weighted by Crippen LogP contribution is -2.26. The van der Waals surface area contributed by atoms with Crippen molar-refractivity contribution in [3.05, 3.63) is 54.1 Å². The first-order valence-electron chi connectivity index (χ1n) is 11.2. The number of hydrogen-bond acceptors (Lipinski definition) is 5. The molecule has 0 aromatic heterocycles. The zero-order valence-corrected chi connectivity index (χ0v) is 19.1. The minimum atomic E-state index is 0.139. The molecule has 0 aliphatic carbocycles. The number of likely N-dealkylation sites (tertiary alicyclic amines) is 1. The second-order valence-corrected chi connectivity index (χ2v) is 7.53. The molecule has 0 saturated carbocycles. The normalized spacial score (nSPS) is 16.5. The Morgan fingerprint density at radius 2 is 1.94 bits per heavy atom. The number of benzene rings is 1. The maximum Gasteiger partial charge on any atom is 0.222 e. The Bertz CT molecular complexity index is 680. The maximum atomic E-state index is 11.3. The van der Waals surface area contributed by atoms with Crippen LogP contribution in [0.1, 0.15) is 50.5 Å². The molecule has 6 nitrogen and oxygen atoms in total. The van der Waals surface area contributed by atoms with Gasteiger partial charge in [-0.1, -0.05) is 43.4 Å². The lowest BCUT2D eigenvalue weighted by atomic mass is 9.90. The van der Waals surface area contributed by atoms with Crippen LogP contribution in [0.3, 0.4) is 0 Å². The average molecular weight is 430 g/mol. The van der Waals surface area contributed by atoms with Crippen molar-refractivity contribution in [2.75, 3.05) is 39.8 Å². The number of nitrogens with one attached hydrogen (secondary N) is 1. The lowest BCUT2D eigenvalue weighted by Gasteiger charge is -2.22. The maximum absolute atomic E-state index is 11.3. The third-order valence-corrected chi connectivity index (χ3v) is 5.40. The van der Waals surface area contributed by atoms with E-state index >= 15 is 0 Å². The van der Waals surface area contributed by atoms with Crippen molar-refractivity contribution in [2.24, 2.45) is 5.73 Å². The minimum absolute atomic E-state index is 0.139. The van der Waals surface area contributed by atoms with Crippen molar-refractivity contribution in [3.8, 4) is 5.75 Å². The predicted molar refractivity (Wildman–Crippen MR) is 127 cm³/mol. The van der Waals surface area contributed by atoms with Gasteiger partial charge in [0.15, 0.2) is 0 Å². The third kappa shape index (κ3) is 10.4. The molecule has 0 bridgehead atoms. The smallest absolute Gasteiger partial charge is 0.222 e. The third-order valence-electron chi connectivity index (χ3n) is 5.40. The number of amides is 1. The molecule has 31 heavy (non-hydrogen) atoms. The van der Waals surface area contributed by atoms with Crippen LogP contribution in [0.15, 0.2) is 48.6 Å². The van der Waals surface area contributed by atoms with E-state index in [1.54, 1.807) is 13.2 Å². The molecule has 2 fully saturated rings. The Morgan fingerprint density at radius 3 is 2.39 bits per heavy atom. The molecule has 0 unspecified atom stereocenters. The first kappa shape index (κ1) is 26.6. The summed E-state index contributed by atoms with van der Waals surface area (Å²) < 4.78 is 5.14. The van der Waals surface area contributed by atoms with Gasteiger partial charge in [-0.25, -0.2) is 0 Å². The zero-order valence-electron chi connectivity index (χ0n) is 19.1. The molecule has 1 aromatic carbocycles. The van der Waals surface area contributed by atoms with Crippen LogP contribution in [0.4, 0.5) is 0 Å². The van der Waals surface area contributed by atoms with Crippen LogP contribution in [0.5, 0.6) is 5.75 Å². The molecule has 3 rings (SSSR count). The second kappa shape index (κ2) is 16.3. The Hall–Kier alpha value is -2.44. The van der Waals surface area contributed by atoms with Crippen molar-refractivity contribution < 1.29 is 14.3 Å². The first-order valence-corrected chi connectivity index (χ1v) is 11.2. The molecule has 6 heteroatoms. The summed E-state index contributed by atoms with van der Waals surface area (Å²) in [5.74, 6) is 1.98. The van der Waals surface area contributed by atoms with Gasteiger partial charge in [0.25, 0.3) is 0 Å². The number of hydrogen-bond donors (Lipinski definition) is 2. The molecule has 3 N–H and O–H groups in total. The van der Waals surface area contributed by atoms with Crippen LogP contribution in [0.2, 0.25) is 0 Å². The number of rotatable bonds is 7. The topological polar surface area (TPSA) is 84.7 Å². The van der Waals surface area contributed by atoms with E-state index < -0.39 is 0 Å². The summed E-state index contributed by atoms with van der Waals surface area (Å²) >= 11 is 0. The number of allylic oxidation sites excluding steroid dienone is 2. The Labute approximate surface area is 187 Å². The highest BCUT2D eigenvalue weighted by Crippen LogP contribution is 2.26. The van der Waals surface area contributed by atoms with Gasteiger partial charge in [0.2, 0.25) is 5.91 Å². The summed E-state index contributed by atoms with van der Waals surface area (Å²) in [7, 11) is 1.71. The molecular weight excluding hydrogens is 390 g/mol. The summed E-state index contributed by atoms with van der Waals surface area (Å²) in [5, 5.41) is 3.38. The monoisotopic (exact) mass is 429 g/mol. The zero-order chi connectivity index (χ0) is 22.9. The Kier molecular flexibility index (Phi) is 14.0. The second-order valence-electron chi connectivity index (χ2n) is 7.53. The van der Waals surface area contributed by atoms with E-state index in [0.29, 0.717) is 12.2 Å².